The highest BCUT2D eigenvalue weighted by molar-refractivity contribution is 5.69. The van der Waals surface area contributed by atoms with E-state index in [1.165, 1.54) is 12.1 Å². The number of hydrogen-bond acceptors (Lipinski definition) is 5. The van der Waals surface area contributed by atoms with Crippen LogP contribution in [-0.2, 0) is 10.3 Å². The molecule has 0 aliphatic heterocycles. The van der Waals surface area contributed by atoms with E-state index in [9.17, 15) is 14.9 Å². The molecule has 1 aromatic rings. The molecular formula is C15H23N3O4. The van der Waals surface area contributed by atoms with Crippen molar-refractivity contribution in [1.82, 2.24) is 5.32 Å². The van der Waals surface area contributed by atoms with Crippen LogP contribution < -0.4 is 11.1 Å². The molecular weight excluding hydrogens is 286 g/mol. The summed E-state index contributed by atoms with van der Waals surface area (Å²) >= 11 is 0. The molecule has 0 bridgehead atoms. The van der Waals surface area contributed by atoms with Crippen LogP contribution in [0.4, 0.5) is 10.5 Å². The minimum Gasteiger partial charge on any atom is -0.444 e. The molecule has 1 rings (SSSR count). The maximum Gasteiger partial charge on any atom is 0.408 e. The Morgan fingerprint density at radius 2 is 1.95 bits per heavy atom. The van der Waals surface area contributed by atoms with Crippen molar-refractivity contribution in [2.75, 3.05) is 0 Å². The Kier molecular flexibility index (Phi) is 5.13. The number of ether oxygens (including phenoxy) is 1. The fraction of sp³-hybridized carbons (Fsp3) is 0.533. The summed E-state index contributed by atoms with van der Waals surface area (Å²) in [6.07, 6.45) is -0.626. The van der Waals surface area contributed by atoms with Crippen molar-refractivity contribution in [3.05, 3.63) is 39.9 Å². The number of amides is 1. The fourth-order valence-corrected chi connectivity index (χ4v) is 1.91. The van der Waals surface area contributed by atoms with Gasteiger partial charge in [0, 0.05) is 18.2 Å². The van der Waals surface area contributed by atoms with E-state index in [2.05, 4.69) is 5.32 Å². The van der Waals surface area contributed by atoms with Gasteiger partial charge in [-0.15, -0.1) is 0 Å². The summed E-state index contributed by atoms with van der Waals surface area (Å²) in [7, 11) is 0. The van der Waals surface area contributed by atoms with Crippen LogP contribution >= 0.6 is 0 Å². The van der Waals surface area contributed by atoms with Gasteiger partial charge >= 0.3 is 6.09 Å². The minimum atomic E-state index is -0.992. The smallest absolute Gasteiger partial charge is 0.408 e. The van der Waals surface area contributed by atoms with Gasteiger partial charge < -0.3 is 15.8 Å². The van der Waals surface area contributed by atoms with Gasteiger partial charge in [0.05, 0.1) is 10.5 Å². The Bertz CT molecular complexity index is 566. The molecule has 1 aromatic carbocycles. The Balaban J connectivity index is 3.13. The van der Waals surface area contributed by atoms with Crippen molar-refractivity contribution in [2.24, 2.45) is 5.73 Å². The Morgan fingerprint density at radius 1 is 1.36 bits per heavy atom. The number of nitrogens with zero attached hydrogens (tertiary/aromatic N) is 1. The highest BCUT2D eigenvalue weighted by Gasteiger charge is 2.35. The number of nitrogens with two attached hydrogens (primary N) is 1. The zero-order valence-electron chi connectivity index (χ0n) is 13.5. The largest absolute Gasteiger partial charge is 0.444 e. The zero-order valence-corrected chi connectivity index (χ0v) is 13.5. The average Bonchev–Trinajstić information content (AvgIpc) is 2.36. The van der Waals surface area contributed by atoms with Crippen LogP contribution in [0.1, 0.15) is 40.2 Å². The number of nitro groups is 1. The van der Waals surface area contributed by atoms with Gasteiger partial charge in [-0.2, -0.15) is 0 Å². The third kappa shape index (κ3) is 4.42. The van der Waals surface area contributed by atoms with Crippen LogP contribution in [0.15, 0.2) is 24.3 Å². The van der Waals surface area contributed by atoms with E-state index in [0.717, 1.165) is 0 Å². The van der Waals surface area contributed by atoms with Crippen molar-refractivity contribution in [3.63, 3.8) is 0 Å². The lowest BCUT2D eigenvalue weighted by atomic mass is 9.85. The topological polar surface area (TPSA) is 107 Å². The summed E-state index contributed by atoms with van der Waals surface area (Å²) in [5.74, 6) is 0. The average molecular weight is 309 g/mol. The molecule has 0 spiro atoms. The molecule has 1 amide bonds. The second-order valence-corrected chi connectivity index (χ2v) is 6.43. The lowest BCUT2D eigenvalue weighted by molar-refractivity contribution is -0.385. The van der Waals surface area contributed by atoms with Crippen molar-refractivity contribution >= 4 is 11.8 Å². The number of benzene rings is 1. The van der Waals surface area contributed by atoms with Crippen LogP contribution in [0.3, 0.4) is 0 Å². The van der Waals surface area contributed by atoms with Crippen molar-refractivity contribution in [3.8, 4) is 0 Å². The molecule has 0 fully saturated rings. The van der Waals surface area contributed by atoms with Gasteiger partial charge in [0.15, 0.2) is 0 Å². The number of hydrogen-bond donors (Lipinski definition) is 2. The van der Waals surface area contributed by atoms with Gasteiger partial charge in [-0.1, -0.05) is 12.1 Å². The van der Waals surface area contributed by atoms with Gasteiger partial charge in [0.1, 0.15) is 5.60 Å². The van der Waals surface area contributed by atoms with Gasteiger partial charge in [-0.25, -0.2) is 4.79 Å². The summed E-state index contributed by atoms with van der Waals surface area (Å²) in [6, 6.07) is 5.56. The van der Waals surface area contributed by atoms with Crippen LogP contribution in [0.2, 0.25) is 0 Å². The van der Waals surface area contributed by atoms with Crippen LogP contribution in [0.25, 0.3) is 0 Å². The van der Waals surface area contributed by atoms with E-state index in [4.69, 9.17) is 10.5 Å². The number of rotatable bonds is 4. The van der Waals surface area contributed by atoms with E-state index in [0.29, 0.717) is 5.56 Å². The van der Waals surface area contributed by atoms with E-state index in [-0.39, 0.29) is 5.69 Å². The highest BCUT2D eigenvalue weighted by atomic mass is 16.6. The summed E-state index contributed by atoms with van der Waals surface area (Å²) in [4.78, 5) is 22.5. The monoisotopic (exact) mass is 309 g/mol. The molecule has 122 valence electrons. The molecule has 7 heteroatoms. The molecule has 0 aromatic heterocycles. The molecule has 0 aliphatic carbocycles. The summed E-state index contributed by atoms with van der Waals surface area (Å²) in [5.41, 5.74) is 4.85. The molecule has 0 saturated carbocycles. The number of carbonyl (C=O) groups excluding carboxylic acids is 1. The SMILES string of the molecule is CC(N)C(C)(NC(=O)OC(C)(C)C)c1cccc([N+](=O)[O-])c1. The van der Waals surface area contributed by atoms with Crippen molar-refractivity contribution in [1.29, 1.82) is 0 Å². The Morgan fingerprint density at radius 3 is 2.41 bits per heavy atom. The highest BCUT2D eigenvalue weighted by Crippen LogP contribution is 2.27. The number of alkyl carbamates (subject to hydrolysis) is 1. The molecule has 7 nitrogen and oxygen atoms in total. The summed E-state index contributed by atoms with van der Waals surface area (Å²) in [6.45, 7) is 8.69. The summed E-state index contributed by atoms with van der Waals surface area (Å²) in [5, 5.41) is 13.6. The number of nitrogens with one attached hydrogen (secondary N) is 1. The predicted octanol–water partition coefficient (Wildman–Crippen LogP) is 2.68. The number of non-ortho nitro benzene ring substituents is 1. The standard InChI is InChI=1S/C15H23N3O4/c1-10(16)15(5,17-13(19)22-14(2,3)4)11-7-6-8-12(9-11)18(20)21/h6-10H,16H2,1-5H3,(H,17,19). The molecule has 0 heterocycles. The third-order valence-electron chi connectivity index (χ3n) is 3.33. The quantitative estimate of drug-likeness (QED) is 0.656. The Hall–Kier alpha value is -2.15. The number of nitro benzene ring substituents is 1. The Labute approximate surface area is 130 Å². The normalized spacial score (nSPS) is 15.5. The first-order valence-electron chi connectivity index (χ1n) is 6.97. The van der Waals surface area contributed by atoms with Crippen LogP contribution in [0, 0.1) is 10.1 Å². The zero-order chi connectivity index (χ0) is 17.1. The van der Waals surface area contributed by atoms with E-state index in [1.807, 2.05) is 0 Å². The molecule has 22 heavy (non-hydrogen) atoms. The fourth-order valence-electron chi connectivity index (χ4n) is 1.91. The first kappa shape index (κ1) is 17.9. The van der Waals surface area contributed by atoms with Gasteiger partial charge in [0.25, 0.3) is 5.69 Å². The van der Waals surface area contributed by atoms with Gasteiger partial charge in [0.2, 0.25) is 0 Å². The molecule has 0 aliphatic rings. The second kappa shape index (κ2) is 6.31. The van der Waals surface area contributed by atoms with Gasteiger partial charge in [-0.3, -0.25) is 10.1 Å². The van der Waals surface area contributed by atoms with Crippen molar-refractivity contribution < 1.29 is 14.5 Å². The van der Waals surface area contributed by atoms with E-state index < -0.39 is 28.2 Å². The number of carbonyl (C=O) groups is 1. The minimum absolute atomic E-state index is 0.0598. The maximum atomic E-state index is 12.0. The molecule has 2 unspecified atom stereocenters. The first-order chi connectivity index (χ1) is 9.95. The summed E-state index contributed by atoms with van der Waals surface area (Å²) < 4.78 is 5.24. The molecule has 3 N–H and O–H groups in total. The lowest BCUT2D eigenvalue weighted by Crippen LogP contribution is -2.55. The first-order valence-corrected chi connectivity index (χ1v) is 6.97. The molecule has 0 saturated heterocycles. The molecule has 0 radical (unpaired) electrons. The lowest BCUT2D eigenvalue weighted by Gasteiger charge is -2.35. The van der Waals surface area contributed by atoms with Crippen molar-refractivity contribution in [2.45, 2.75) is 51.8 Å². The molecule has 2 atom stereocenters. The van der Waals surface area contributed by atoms with Gasteiger partial charge in [-0.05, 0) is 40.2 Å². The third-order valence-corrected chi connectivity index (χ3v) is 3.33. The second-order valence-electron chi connectivity index (χ2n) is 6.43. The maximum absolute atomic E-state index is 12.0. The van der Waals surface area contributed by atoms with Crippen LogP contribution in [-0.4, -0.2) is 22.7 Å². The van der Waals surface area contributed by atoms with E-state index in [1.54, 1.807) is 46.8 Å². The van der Waals surface area contributed by atoms with E-state index >= 15 is 0 Å². The van der Waals surface area contributed by atoms with Crippen LogP contribution in [0.5, 0.6) is 0 Å². The predicted molar refractivity (Wildman–Crippen MR) is 83.5 cm³/mol.